The molecule has 0 aromatic carbocycles. The standard InChI is InChI=1S/C6H18NSi2.2ClH.Zr/c1-8(2,3)7-9(4,5)6;;;/h1-6H3;2*1H;/q-1;;;+2/p-2. The van der Waals surface area contributed by atoms with E-state index >= 15 is 0 Å². The number of nitrogens with zero attached hydrogens (tertiary/aromatic N) is 1. The average molecular weight is 323 g/mol. The number of hydrogen-bond acceptors (Lipinski definition) is 0. The van der Waals surface area contributed by atoms with E-state index in [0.29, 0.717) is 0 Å². The predicted molar refractivity (Wildman–Crippen MR) is 61.8 cm³/mol. The van der Waals surface area contributed by atoms with Crippen LogP contribution in [0.3, 0.4) is 0 Å². The number of rotatable bonds is 2. The molecule has 0 aliphatic heterocycles. The van der Waals surface area contributed by atoms with Gasteiger partial charge in [0.05, 0.1) is 0 Å². The quantitative estimate of drug-likeness (QED) is 0.669. The predicted octanol–water partition coefficient (Wildman–Crippen LogP) is 4.41. The average Bonchev–Trinajstić information content (AvgIpc) is 1.53. The van der Waals surface area contributed by atoms with Crippen LogP contribution in [0.1, 0.15) is 0 Å². The van der Waals surface area contributed by atoms with Gasteiger partial charge in [-0.2, -0.15) is 0 Å². The minimum absolute atomic E-state index is 0.826. The molecule has 0 bridgehead atoms. The van der Waals surface area contributed by atoms with Crippen molar-refractivity contribution >= 4 is 33.5 Å². The molecule has 0 saturated heterocycles. The second-order valence-corrected chi connectivity index (χ2v) is 17.8. The summed E-state index contributed by atoms with van der Waals surface area (Å²) in [7, 11) is 7.66. The van der Waals surface area contributed by atoms with Crippen LogP contribution in [0.15, 0.2) is 0 Å². The second kappa shape index (κ2) is 7.19. The summed E-state index contributed by atoms with van der Waals surface area (Å²) in [6.45, 7) is 13.8. The van der Waals surface area contributed by atoms with Crippen molar-refractivity contribution in [2.24, 2.45) is 0 Å². The van der Waals surface area contributed by atoms with Crippen molar-refractivity contribution in [2.45, 2.75) is 39.3 Å². The Kier molecular flexibility index (Phi) is 9.76. The maximum atomic E-state index is 4.93. The molecule has 0 aromatic heterocycles. The van der Waals surface area contributed by atoms with Gasteiger partial charge in [0.1, 0.15) is 0 Å². The minimum atomic E-state index is -1.11. The third-order valence-electron chi connectivity index (χ3n) is 0.671. The van der Waals surface area contributed by atoms with Crippen molar-refractivity contribution in [3.63, 3.8) is 0 Å². The van der Waals surface area contributed by atoms with E-state index < -0.39 is 37.3 Å². The van der Waals surface area contributed by atoms with E-state index in [-0.39, 0.29) is 0 Å². The number of halogens is 2. The zero-order valence-corrected chi connectivity index (χ0v) is 14.7. The topological polar surface area (TPSA) is 14.1 Å². The third-order valence-corrected chi connectivity index (χ3v) is 6.04. The fourth-order valence-corrected chi connectivity index (χ4v) is 9.06. The van der Waals surface area contributed by atoms with Crippen LogP contribution in [0.4, 0.5) is 0 Å². The van der Waals surface area contributed by atoms with Gasteiger partial charge in [-0.1, -0.05) is 55.8 Å². The molecule has 0 aliphatic carbocycles. The van der Waals surface area contributed by atoms with Crippen molar-refractivity contribution in [1.29, 1.82) is 0 Å². The Morgan fingerprint density at radius 3 is 1.00 bits per heavy atom. The number of hydrogen-bond donors (Lipinski definition) is 0. The van der Waals surface area contributed by atoms with Gasteiger partial charge in [-0.05, 0) is 0 Å². The molecule has 74 valence electrons. The molecule has 0 rings (SSSR count). The molecule has 0 heterocycles. The van der Waals surface area contributed by atoms with Gasteiger partial charge in [0, 0.05) is 0 Å². The van der Waals surface area contributed by atoms with Gasteiger partial charge in [-0.15, -0.1) is 0 Å². The van der Waals surface area contributed by atoms with Crippen molar-refractivity contribution in [2.75, 3.05) is 0 Å². The normalized spacial score (nSPS) is 11.7. The summed E-state index contributed by atoms with van der Waals surface area (Å²) in [4.78, 5) is 0. The Morgan fingerprint density at radius 2 is 1.00 bits per heavy atom. The fraction of sp³-hybridized carbons (Fsp3) is 1.00. The zero-order chi connectivity index (χ0) is 10.4. The third kappa shape index (κ3) is 22.6. The van der Waals surface area contributed by atoms with E-state index in [1.165, 1.54) is 0 Å². The van der Waals surface area contributed by atoms with E-state index in [9.17, 15) is 0 Å². The van der Waals surface area contributed by atoms with Gasteiger partial charge in [0.25, 0.3) is 0 Å². The summed E-state index contributed by atoms with van der Waals surface area (Å²) in [5.74, 6) is 0. The van der Waals surface area contributed by atoms with Gasteiger partial charge >= 0.3 is 37.9 Å². The van der Waals surface area contributed by atoms with Crippen molar-refractivity contribution < 1.29 is 20.8 Å². The van der Waals surface area contributed by atoms with Gasteiger partial charge in [-0.25, -0.2) is 0 Å². The Labute approximate surface area is 97.4 Å². The molecule has 0 unspecified atom stereocenters. The van der Waals surface area contributed by atoms with Crippen LogP contribution in [0, 0.1) is 0 Å². The summed E-state index contributed by atoms with van der Waals surface area (Å²) >= 11 is -0.826. The molecule has 0 amide bonds. The first-order valence-electron chi connectivity index (χ1n) is 3.83. The molecule has 0 spiro atoms. The van der Waals surface area contributed by atoms with Crippen LogP contribution in [0.2, 0.25) is 39.3 Å². The van der Waals surface area contributed by atoms with Crippen LogP contribution in [-0.2, 0) is 20.8 Å². The molecule has 0 atom stereocenters. The SMILES string of the molecule is C[Si](C)(C)[N-][Si](C)(C)C.[Cl][Zr][Cl]. The molecule has 1 nitrogen and oxygen atoms in total. The molecular weight excluding hydrogens is 304 g/mol. The van der Waals surface area contributed by atoms with Crippen LogP contribution in [-0.4, -0.2) is 16.5 Å². The Morgan fingerprint density at radius 1 is 0.833 bits per heavy atom. The molecular formula is C6H18Cl2NSi2Zr-. The van der Waals surface area contributed by atoms with Crippen LogP contribution < -0.4 is 0 Å². The second-order valence-electron chi connectivity index (χ2n) is 4.52. The maximum absolute atomic E-state index is 4.93. The molecule has 0 N–H and O–H groups in total. The summed E-state index contributed by atoms with van der Waals surface area (Å²) in [5, 5.41) is 0. The molecule has 12 heavy (non-hydrogen) atoms. The van der Waals surface area contributed by atoms with Crippen LogP contribution in [0.5, 0.6) is 0 Å². The molecule has 0 aliphatic rings. The van der Waals surface area contributed by atoms with Crippen molar-refractivity contribution in [1.82, 2.24) is 0 Å². The van der Waals surface area contributed by atoms with E-state index in [1.54, 1.807) is 0 Å². The zero-order valence-electron chi connectivity index (χ0n) is 8.70. The molecule has 6 heteroatoms. The fourth-order valence-electron chi connectivity index (χ4n) is 1.01. The van der Waals surface area contributed by atoms with E-state index in [0.717, 1.165) is 0 Å². The molecule has 0 aromatic rings. The molecule has 0 radical (unpaired) electrons. The Balaban J connectivity index is 0. The summed E-state index contributed by atoms with van der Waals surface area (Å²) in [6.07, 6.45) is 0. The van der Waals surface area contributed by atoms with Crippen molar-refractivity contribution in [3.8, 4) is 0 Å². The summed E-state index contributed by atoms with van der Waals surface area (Å²) < 4.78 is 4.82. The van der Waals surface area contributed by atoms with Gasteiger partial charge < -0.3 is 4.65 Å². The Hall–Kier alpha value is 1.86. The first-order chi connectivity index (χ1) is 5.12. The van der Waals surface area contributed by atoms with E-state index in [1.807, 2.05) is 0 Å². The van der Waals surface area contributed by atoms with Gasteiger partial charge in [0.2, 0.25) is 0 Å². The molecule has 0 fully saturated rings. The van der Waals surface area contributed by atoms with Gasteiger partial charge in [-0.3, -0.25) is 0 Å². The summed E-state index contributed by atoms with van der Waals surface area (Å²) in [5.41, 5.74) is 0. The Bertz CT molecular complexity index is 99.1. The van der Waals surface area contributed by atoms with E-state index in [4.69, 9.17) is 21.7 Å². The van der Waals surface area contributed by atoms with E-state index in [2.05, 4.69) is 39.3 Å². The van der Waals surface area contributed by atoms with Crippen molar-refractivity contribution in [3.05, 3.63) is 4.65 Å². The van der Waals surface area contributed by atoms with Crippen LogP contribution >= 0.6 is 17.0 Å². The van der Waals surface area contributed by atoms with Crippen LogP contribution in [0.25, 0.3) is 4.65 Å². The first-order valence-corrected chi connectivity index (χ1v) is 17.0. The monoisotopic (exact) mass is 320 g/mol. The summed E-state index contributed by atoms with van der Waals surface area (Å²) in [6, 6.07) is 0. The molecule has 0 saturated carbocycles. The van der Waals surface area contributed by atoms with Gasteiger partial charge in [0.15, 0.2) is 0 Å². The first kappa shape index (κ1) is 16.3.